The molecule has 3 aromatic heterocycles. The van der Waals surface area contributed by atoms with Crippen LogP contribution in [0.2, 0.25) is 0 Å². The molecular weight excluding hydrogens is 584 g/mol. The van der Waals surface area contributed by atoms with E-state index in [2.05, 4.69) is 25.1 Å². The van der Waals surface area contributed by atoms with E-state index in [1.807, 2.05) is 17.9 Å². The molecule has 0 amide bonds. The van der Waals surface area contributed by atoms with Crippen LogP contribution >= 0.6 is 0 Å². The smallest absolute Gasteiger partial charge is 0.461 e. The van der Waals surface area contributed by atoms with E-state index in [0.29, 0.717) is 66.6 Å². The molecule has 5 aliphatic heterocycles. The van der Waals surface area contributed by atoms with Gasteiger partial charge in [-0.2, -0.15) is 15.1 Å². The first-order valence-electron chi connectivity index (χ1n) is 15.5. The van der Waals surface area contributed by atoms with E-state index in [4.69, 9.17) is 19.2 Å². The molecule has 11 nitrogen and oxygen atoms in total. The number of alkyl halides is 1. The van der Waals surface area contributed by atoms with Crippen molar-refractivity contribution < 1.29 is 27.8 Å². The molecule has 13 heteroatoms. The monoisotopic (exact) mass is 617 g/mol. The summed E-state index contributed by atoms with van der Waals surface area (Å²) in [7, 11) is 0. The molecule has 6 bridgehead atoms. The number of hydrogen-bond donors (Lipinski definition) is 1. The fourth-order valence-electron chi connectivity index (χ4n) is 7.54. The van der Waals surface area contributed by atoms with Crippen LogP contribution in [0.25, 0.3) is 39.1 Å². The summed E-state index contributed by atoms with van der Waals surface area (Å²) in [6.07, 6.45) is 8.16. The lowest BCUT2D eigenvalue weighted by Crippen LogP contribution is -2.43. The highest BCUT2D eigenvalue weighted by Gasteiger charge is 2.49. The molecule has 0 spiro atoms. The number of aromatic amines is 1. The number of pyridine rings is 1. The molecule has 3 fully saturated rings. The van der Waals surface area contributed by atoms with Crippen molar-refractivity contribution in [2.24, 2.45) is 0 Å². The molecule has 1 aromatic carbocycles. The minimum absolute atomic E-state index is 0.0125. The summed E-state index contributed by atoms with van der Waals surface area (Å²) in [5.74, 6) is -0.174. The molecule has 0 unspecified atom stereocenters. The van der Waals surface area contributed by atoms with Crippen molar-refractivity contribution in [3.63, 3.8) is 0 Å². The highest BCUT2D eigenvalue weighted by molar-refractivity contribution is 6.01. The van der Waals surface area contributed by atoms with Gasteiger partial charge in [-0.05, 0) is 62.4 Å². The molecule has 45 heavy (non-hydrogen) atoms. The summed E-state index contributed by atoms with van der Waals surface area (Å²) in [6, 6.07) is 1.94. The third-order valence-electron chi connectivity index (χ3n) is 9.63. The normalized spacial score (nSPS) is 25.8. The molecule has 1 N–H and O–H groups in total. The summed E-state index contributed by atoms with van der Waals surface area (Å²) < 4.78 is 48.7. The maximum absolute atomic E-state index is 16.9. The Hall–Kier alpha value is -4.39. The summed E-state index contributed by atoms with van der Waals surface area (Å²) in [5.41, 5.74) is 2.56. The van der Waals surface area contributed by atoms with E-state index in [1.54, 1.807) is 24.5 Å². The van der Waals surface area contributed by atoms with Gasteiger partial charge in [0.15, 0.2) is 5.82 Å². The van der Waals surface area contributed by atoms with Crippen LogP contribution in [0, 0.1) is 12.7 Å². The summed E-state index contributed by atoms with van der Waals surface area (Å²) in [6.45, 7) is 4.25. The zero-order chi connectivity index (χ0) is 30.7. The average molecular weight is 618 g/mol. The lowest BCUT2D eigenvalue weighted by Gasteiger charge is -2.34. The third-order valence-corrected chi connectivity index (χ3v) is 9.63. The van der Waals surface area contributed by atoms with E-state index in [1.165, 1.54) is 0 Å². The Labute approximate surface area is 257 Å². The number of hydrogen-bond acceptors (Lipinski definition) is 10. The molecule has 0 aliphatic carbocycles. The standard InChI is InChI=1S/C32H33F2N7O4/c1-18-11-24-22(14-36-39-24)25-21(18)6-3-10-43-31(42)45-20-5-2-8-40(16-20)29-23-13-35-28(25)26(34)27(23)37-30(38-29)44-17-32-7-4-9-41(32)15-19(33)12-32/h3,6,11,13-14,19-20H,2,4-5,7-10,12,15-17H2,1H3,(H,36,39)/b6-3-/t19-,20-,32+/m1/s1. The van der Waals surface area contributed by atoms with Gasteiger partial charge in [0, 0.05) is 36.7 Å². The van der Waals surface area contributed by atoms with Crippen molar-refractivity contribution in [2.45, 2.75) is 56.8 Å². The fraction of sp³-hybridized carbons (Fsp3) is 0.469. The van der Waals surface area contributed by atoms with Crippen LogP contribution in [0.1, 0.15) is 43.2 Å². The van der Waals surface area contributed by atoms with Gasteiger partial charge in [-0.3, -0.25) is 15.0 Å². The number of aryl methyl sites for hydroxylation is 1. The lowest BCUT2D eigenvalue weighted by atomic mass is 9.94. The van der Waals surface area contributed by atoms with Gasteiger partial charge in [0.05, 0.1) is 29.2 Å². The number of carbonyl (C=O) groups excluding carboxylic acids is 1. The van der Waals surface area contributed by atoms with Crippen LogP contribution in [0.5, 0.6) is 6.01 Å². The number of aromatic nitrogens is 5. The van der Waals surface area contributed by atoms with Crippen molar-refractivity contribution in [1.82, 2.24) is 30.0 Å². The van der Waals surface area contributed by atoms with Crippen molar-refractivity contribution in [2.75, 3.05) is 44.3 Å². The van der Waals surface area contributed by atoms with Crippen molar-refractivity contribution >= 4 is 39.9 Å². The van der Waals surface area contributed by atoms with Crippen molar-refractivity contribution in [3.8, 4) is 17.3 Å². The van der Waals surface area contributed by atoms with Gasteiger partial charge < -0.3 is 19.1 Å². The molecule has 0 saturated carbocycles. The average Bonchev–Trinajstić information content (AvgIpc) is 3.72. The molecule has 0 radical (unpaired) electrons. The maximum atomic E-state index is 16.9. The Morgan fingerprint density at radius 2 is 2.09 bits per heavy atom. The van der Waals surface area contributed by atoms with Crippen LogP contribution < -0.4 is 9.64 Å². The SMILES string of the molecule is Cc1cc2[nH]ncc2c2c1/C=C\COC(=O)O[C@@H]1CCCN(C1)c1nc(OC[C@@]34CCCN3C[C@H](F)C4)nc3c(F)c-2ncc13. The lowest BCUT2D eigenvalue weighted by molar-refractivity contribution is 0.0248. The minimum atomic E-state index is -0.908. The number of benzene rings is 1. The number of nitrogens with one attached hydrogen (secondary N) is 1. The second-order valence-electron chi connectivity index (χ2n) is 12.5. The quantitative estimate of drug-likeness (QED) is 0.311. The maximum Gasteiger partial charge on any atom is 0.508 e. The molecular formula is C32H33F2N7O4. The number of ether oxygens (including phenoxy) is 3. The molecule has 5 aliphatic rings. The Balaban J connectivity index is 1.30. The van der Waals surface area contributed by atoms with Crippen molar-refractivity contribution in [3.05, 3.63) is 41.5 Å². The van der Waals surface area contributed by atoms with E-state index in [9.17, 15) is 9.18 Å². The molecule has 234 valence electrons. The zero-order valence-corrected chi connectivity index (χ0v) is 24.9. The fourth-order valence-corrected chi connectivity index (χ4v) is 7.54. The van der Waals surface area contributed by atoms with Gasteiger partial charge in [0.25, 0.3) is 0 Å². The summed E-state index contributed by atoms with van der Waals surface area (Å²) >= 11 is 0. The minimum Gasteiger partial charge on any atom is -0.461 e. The highest BCUT2D eigenvalue weighted by atomic mass is 19.1. The Morgan fingerprint density at radius 1 is 1.18 bits per heavy atom. The molecule has 3 saturated heterocycles. The van der Waals surface area contributed by atoms with E-state index < -0.39 is 29.8 Å². The summed E-state index contributed by atoms with van der Waals surface area (Å²) in [4.78, 5) is 30.7. The number of piperidine rings is 1. The van der Waals surface area contributed by atoms with Crippen LogP contribution in [0.3, 0.4) is 0 Å². The van der Waals surface area contributed by atoms with Gasteiger partial charge >= 0.3 is 12.2 Å². The molecule has 4 aromatic rings. The number of anilines is 1. The molecule has 3 atom stereocenters. The van der Waals surface area contributed by atoms with E-state index >= 15 is 4.39 Å². The second-order valence-corrected chi connectivity index (χ2v) is 12.5. The van der Waals surface area contributed by atoms with Gasteiger partial charge in [-0.25, -0.2) is 13.6 Å². The van der Waals surface area contributed by atoms with Gasteiger partial charge in [0.2, 0.25) is 0 Å². The first-order valence-corrected chi connectivity index (χ1v) is 15.5. The van der Waals surface area contributed by atoms with Gasteiger partial charge in [-0.15, -0.1) is 0 Å². The first kappa shape index (κ1) is 28.1. The third kappa shape index (κ3) is 4.84. The Bertz CT molecular complexity index is 1850. The van der Waals surface area contributed by atoms with E-state index in [-0.39, 0.29) is 30.4 Å². The predicted molar refractivity (Wildman–Crippen MR) is 162 cm³/mol. The zero-order valence-electron chi connectivity index (χ0n) is 24.9. The second kappa shape index (κ2) is 10.9. The number of nitrogens with zero attached hydrogens (tertiary/aromatic N) is 6. The highest BCUT2D eigenvalue weighted by Crippen LogP contribution is 2.42. The molecule has 8 heterocycles. The topological polar surface area (TPSA) is 119 Å². The molecule has 9 rings (SSSR count). The van der Waals surface area contributed by atoms with Crippen LogP contribution in [0.15, 0.2) is 24.5 Å². The Kier molecular flexibility index (Phi) is 6.81. The van der Waals surface area contributed by atoms with Crippen LogP contribution in [-0.4, -0.2) is 93.4 Å². The number of fused-ring (bicyclic) bond motifs is 7. The van der Waals surface area contributed by atoms with Crippen molar-refractivity contribution in [1.29, 1.82) is 0 Å². The number of carbonyl (C=O) groups is 1. The van der Waals surface area contributed by atoms with Crippen LogP contribution in [0.4, 0.5) is 19.4 Å². The predicted octanol–water partition coefficient (Wildman–Crippen LogP) is 5.12. The van der Waals surface area contributed by atoms with E-state index in [0.717, 1.165) is 30.5 Å². The number of halogens is 2. The van der Waals surface area contributed by atoms with Gasteiger partial charge in [0.1, 0.15) is 42.5 Å². The number of H-pyrrole nitrogens is 1. The largest absolute Gasteiger partial charge is 0.508 e. The van der Waals surface area contributed by atoms with Gasteiger partial charge in [-0.1, -0.05) is 6.08 Å². The number of rotatable bonds is 3. The first-order chi connectivity index (χ1) is 21.9. The van der Waals surface area contributed by atoms with Crippen LogP contribution in [-0.2, 0) is 9.47 Å². The Morgan fingerprint density at radius 3 is 3.00 bits per heavy atom. The summed E-state index contributed by atoms with van der Waals surface area (Å²) in [5, 5.41) is 8.27.